The van der Waals surface area contributed by atoms with Gasteiger partial charge in [0.05, 0.1) is 7.11 Å². The molecule has 0 saturated carbocycles. The number of methoxy groups -OCH3 is 1. The van der Waals surface area contributed by atoms with Gasteiger partial charge in [-0.25, -0.2) is 0 Å². The van der Waals surface area contributed by atoms with Crippen molar-refractivity contribution in [1.29, 1.82) is 0 Å². The number of nitrogens with two attached hydrogens (primary N) is 1. The summed E-state index contributed by atoms with van der Waals surface area (Å²) in [7, 11) is 1.68. The fraction of sp³-hybridized carbons (Fsp3) is 0.294. The van der Waals surface area contributed by atoms with Crippen LogP contribution in [0, 0.1) is 0 Å². The maximum atomic E-state index is 5.73. The SMILES string of the molecule is CCc1cccc(C(Cc2ccc(OC)cc2)NN)c1. The van der Waals surface area contributed by atoms with Crippen molar-refractivity contribution in [3.63, 3.8) is 0 Å². The molecule has 0 bridgehead atoms. The lowest BCUT2D eigenvalue weighted by molar-refractivity contribution is 0.414. The largest absolute Gasteiger partial charge is 0.497 e. The molecule has 0 aromatic heterocycles. The Morgan fingerprint density at radius 3 is 2.45 bits per heavy atom. The molecule has 3 heteroatoms. The van der Waals surface area contributed by atoms with Crippen LogP contribution in [0.5, 0.6) is 5.75 Å². The highest BCUT2D eigenvalue weighted by Crippen LogP contribution is 2.20. The lowest BCUT2D eigenvalue weighted by atomic mass is 9.97. The molecule has 2 aromatic rings. The van der Waals surface area contributed by atoms with E-state index in [-0.39, 0.29) is 6.04 Å². The van der Waals surface area contributed by atoms with Crippen molar-refractivity contribution in [3.05, 3.63) is 65.2 Å². The minimum Gasteiger partial charge on any atom is -0.497 e. The molecule has 0 spiro atoms. The zero-order valence-corrected chi connectivity index (χ0v) is 12.1. The van der Waals surface area contributed by atoms with Crippen molar-refractivity contribution in [1.82, 2.24) is 5.43 Å². The Labute approximate surface area is 120 Å². The molecule has 0 amide bonds. The molecule has 0 radical (unpaired) electrons. The molecular formula is C17H22N2O. The zero-order chi connectivity index (χ0) is 14.4. The normalized spacial score (nSPS) is 12.2. The van der Waals surface area contributed by atoms with Crippen LogP contribution in [0.3, 0.4) is 0 Å². The molecule has 106 valence electrons. The fourth-order valence-corrected chi connectivity index (χ4v) is 2.30. The van der Waals surface area contributed by atoms with Crippen molar-refractivity contribution in [2.45, 2.75) is 25.8 Å². The number of ether oxygens (including phenoxy) is 1. The van der Waals surface area contributed by atoms with Gasteiger partial charge in [-0.05, 0) is 41.7 Å². The van der Waals surface area contributed by atoms with E-state index < -0.39 is 0 Å². The quantitative estimate of drug-likeness (QED) is 0.626. The van der Waals surface area contributed by atoms with E-state index in [4.69, 9.17) is 10.6 Å². The van der Waals surface area contributed by atoms with Crippen molar-refractivity contribution in [2.75, 3.05) is 7.11 Å². The summed E-state index contributed by atoms with van der Waals surface area (Å²) < 4.78 is 5.18. The van der Waals surface area contributed by atoms with Crippen LogP contribution >= 0.6 is 0 Å². The summed E-state index contributed by atoms with van der Waals surface area (Å²) in [5, 5.41) is 0. The third-order valence-corrected chi connectivity index (χ3v) is 3.56. The van der Waals surface area contributed by atoms with E-state index in [0.717, 1.165) is 18.6 Å². The van der Waals surface area contributed by atoms with Crippen molar-refractivity contribution < 1.29 is 4.74 Å². The van der Waals surface area contributed by atoms with Gasteiger partial charge < -0.3 is 4.74 Å². The Morgan fingerprint density at radius 1 is 1.10 bits per heavy atom. The van der Waals surface area contributed by atoms with Gasteiger partial charge in [0.25, 0.3) is 0 Å². The lowest BCUT2D eigenvalue weighted by Crippen LogP contribution is -2.29. The summed E-state index contributed by atoms with van der Waals surface area (Å²) in [6.45, 7) is 2.16. The average molecular weight is 270 g/mol. The molecule has 0 aliphatic rings. The molecule has 1 atom stereocenters. The molecule has 3 nitrogen and oxygen atoms in total. The zero-order valence-electron chi connectivity index (χ0n) is 12.1. The van der Waals surface area contributed by atoms with Gasteiger partial charge in [-0.3, -0.25) is 11.3 Å². The number of hydrogen-bond donors (Lipinski definition) is 2. The number of hydrogen-bond acceptors (Lipinski definition) is 3. The molecule has 0 aliphatic heterocycles. The summed E-state index contributed by atoms with van der Waals surface area (Å²) in [5.41, 5.74) is 6.70. The first-order chi connectivity index (χ1) is 9.76. The van der Waals surface area contributed by atoms with Gasteiger partial charge in [0.1, 0.15) is 5.75 Å². The van der Waals surface area contributed by atoms with Crippen LogP contribution in [0.4, 0.5) is 0 Å². The molecule has 1 unspecified atom stereocenters. The third-order valence-electron chi connectivity index (χ3n) is 3.56. The summed E-state index contributed by atoms with van der Waals surface area (Å²) in [6, 6.07) is 16.8. The maximum absolute atomic E-state index is 5.73. The summed E-state index contributed by atoms with van der Waals surface area (Å²) in [6.07, 6.45) is 1.89. The van der Waals surface area contributed by atoms with E-state index in [1.165, 1.54) is 16.7 Å². The highest BCUT2D eigenvalue weighted by molar-refractivity contribution is 5.31. The third kappa shape index (κ3) is 3.59. The first kappa shape index (κ1) is 14.6. The van der Waals surface area contributed by atoms with Crippen molar-refractivity contribution in [3.8, 4) is 5.75 Å². The molecule has 0 aliphatic carbocycles. The van der Waals surface area contributed by atoms with E-state index in [0.29, 0.717) is 0 Å². The average Bonchev–Trinajstić information content (AvgIpc) is 2.53. The van der Waals surface area contributed by atoms with Gasteiger partial charge in [-0.1, -0.05) is 43.3 Å². The second-order valence-electron chi connectivity index (χ2n) is 4.87. The van der Waals surface area contributed by atoms with Crippen molar-refractivity contribution in [2.24, 2.45) is 5.84 Å². The number of nitrogens with one attached hydrogen (secondary N) is 1. The lowest BCUT2D eigenvalue weighted by Gasteiger charge is -2.17. The number of benzene rings is 2. The summed E-state index contributed by atoms with van der Waals surface area (Å²) >= 11 is 0. The van der Waals surface area contributed by atoms with Crippen LogP contribution < -0.4 is 16.0 Å². The molecule has 0 saturated heterocycles. The van der Waals surface area contributed by atoms with Crippen molar-refractivity contribution >= 4 is 0 Å². The molecule has 0 fully saturated rings. The van der Waals surface area contributed by atoms with E-state index in [1.807, 2.05) is 12.1 Å². The molecule has 0 heterocycles. The molecule has 2 aromatic carbocycles. The van der Waals surface area contributed by atoms with Crippen LogP contribution in [0.25, 0.3) is 0 Å². The monoisotopic (exact) mass is 270 g/mol. The topological polar surface area (TPSA) is 47.3 Å². The van der Waals surface area contributed by atoms with Crippen LogP contribution in [0.1, 0.15) is 29.7 Å². The van der Waals surface area contributed by atoms with Crippen LogP contribution in [0.15, 0.2) is 48.5 Å². The van der Waals surface area contributed by atoms with Crippen LogP contribution in [-0.2, 0) is 12.8 Å². The van der Waals surface area contributed by atoms with Crippen LogP contribution in [-0.4, -0.2) is 7.11 Å². The standard InChI is InChI=1S/C17H22N2O/c1-3-13-5-4-6-15(11-13)17(19-18)12-14-7-9-16(20-2)10-8-14/h4-11,17,19H,3,12,18H2,1-2H3. The molecular weight excluding hydrogens is 248 g/mol. The molecule has 20 heavy (non-hydrogen) atoms. The van der Waals surface area contributed by atoms with Gasteiger partial charge in [-0.2, -0.15) is 0 Å². The minimum atomic E-state index is 0.120. The first-order valence-electron chi connectivity index (χ1n) is 6.94. The Balaban J connectivity index is 2.14. The summed E-state index contributed by atoms with van der Waals surface area (Å²) in [5.74, 6) is 6.60. The summed E-state index contributed by atoms with van der Waals surface area (Å²) in [4.78, 5) is 0. The second kappa shape index (κ2) is 7.08. The predicted octanol–water partition coefficient (Wildman–Crippen LogP) is 3.00. The maximum Gasteiger partial charge on any atom is 0.118 e. The van der Waals surface area contributed by atoms with E-state index in [9.17, 15) is 0 Å². The predicted molar refractivity (Wildman–Crippen MR) is 82.6 cm³/mol. The molecule has 3 N–H and O–H groups in total. The Morgan fingerprint density at radius 2 is 1.85 bits per heavy atom. The van der Waals surface area contributed by atoms with Gasteiger partial charge in [0, 0.05) is 6.04 Å². The highest BCUT2D eigenvalue weighted by Gasteiger charge is 2.11. The number of hydrazine groups is 1. The second-order valence-corrected chi connectivity index (χ2v) is 4.87. The first-order valence-corrected chi connectivity index (χ1v) is 6.94. The van der Waals surface area contributed by atoms with E-state index in [2.05, 4.69) is 48.7 Å². The van der Waals surface area contributed by atoms with E-state index in [1.54, 1.807) is 7.11 Å². The number of rotatable bonds is 6. The Hall–Kier alpha value is -1.84. The van der Waals surface area contributed by atoms with Crippen LogP contribution in [0.2, 0.25) is 0 Å². The van der Waals surface area contributed by atoms with Gasteiger partial charge in [-0.15, -0.1) is 0 Å². The van der Waals surface area contributed by atoms with Gasteiger partial charge >= 0.3 is 0 Å². The van der Waals surface area contributed by atoms with Gasteiger partial charge in [0.15, 0.2) is 0 Å². The highest BCUT2D eigenvalue weighted by atomic mass is 16.5. The fourth-order valence-electron chi connectivity index (χ4n) is 2.30. The smallest absolute Gasteiger partial charge is 0.118 e. The molecule has 2 rings (SSSR count). The van der Waals surface area contributed by atoms with Gasteiger partial charge in [0.2, 0.25) is 0 Å². The number of aryl methyl sites for hydroxylation is 1. The minimum absolute atomic E-state index is 0.120. The Bertz CT molecular complexity index is 537. The van der Waals surface area contributed by atoms with E-state index >= 15 is 0 Å². The Kier molecular flexibility index (Phi) is 5.16.